The smallest absolute Gasteiger partial charge is 0.240 e. The van der Waals surface area contributed by atoms with Gasteiger partial charge in [0.1, 0.15) is 0 Å². The zero-order valence-corrected chi connectivity index (χ0v) is 15.4. The number of hydrogen-bond donors (Lipinski definition) is 2. The van der Waals surface area contributed by atoms with E-state index in [1.807, 2.05) is 60.7 Å². The van der Waals surface area contributed by atoms with Crippen molar-refractivity contribution in [2.45, 2.75) is 17.9 Å². The highest BCUT2D eigenvalue weighted by atomic mass is 32.2. The van der Waals surface area contributed by atoms with Crippen LogP contribution in [0, 0.1) is 0 Å². The molecule has 0 unspecified atom stereocenters. The van der Waals surface area contributed by atoms with Crippen LogP contribution in [0.4, 0.5) is 5.69 Å². The van der Waals surface area contributed by atoms with Crippen LogP contribution in [-0.4, -0.2) is 14.3 Å². The molecule has 0 bridgehead atoms. The summed E-state index contributed by atoms with van der Waals surface area (Å²) in [6.45, 7) is 0.221. The van der Waals surface area contributed by atoms with Crippen molar-refractivity contribution in [2.24, 2.45) is 0 Å². The Bertz CT molecular complexity index is 987. The number of rotatable bonds is 7. The van der Waals surface area contributed by atoms with Crippen molar-refractivity contribution in [1.82, 2.24) is 4.72 Å². The third kappa shape index (κ3) is 5.51. The molecule has 0 radical (unpaired) electrons. The molecule has 2 N–H and O–H groups in total. The lowest BCUT2D eigenvalue weighted by Gasteiger charge is -2.09. The van der Waals surface area contributed by atoms with E-state index in [2.05, 4.69) is 10.0 Å². The first-order valence-corrected chi connectivity index (χ1v) is 9.99. The molecular formula is C21H20N2O3S. The van der Waals surface area contributed by atoms with E-state index < -0.39 is 10.0 Å². The second-order valence-electron chi connectivity index (χ2n) is 6.05. The van der Waals surface area contributed by atoms with Gasteiger partial charge in [0.25, 0.3) is 0 Å². The predicted molar refractivity (Wildman–Crippen MR) is 106 cm³/mol. The van der Waals surface area contributed by atoms with Gasteiger partial charge >= 0.3 is 0 Å². The van der Waals surface area contributed by atoms with Crippen molar-refractivity contribution in [1.29, 1.82) is 0 Å². The average Bonchev–Trinajstić information content (AvgIpc) is 2.68. The van der Waals surface area contributed by atoms with Crippen molar-refractivity contribution in [3.05, 3.63) is 96.1 Å². The molecular weight excluding hydrogens is 360 g/mol. The number of nitrogens with one attached hydrogen (secondary N) is 2. The maximum atomic E-state index is 12.4. The van der Waals surface area contributed by atoms with Crippen molar-refractivity contribution < 1.29 is 13.2 Å². The minimum absolute atomic E-state index is 0.152. The highest BCUT2D eigenvalue weighted by molar-refractivity contribution is 7.89. The highest BCUT2D eigenvalue weighted by Gasteiger charge is 2.14. The predicted octanol–water partition coefficient (Wildman–Crippen LogP) is 3.35. The molecule has 0 saturated heterocycles. The molecule has 3 aromatic rings. The van der Waals surface area contributed by atoms with Crippen LogP contribution in [0.25, 0.3) is 0 Å². The lowest BCUT2D eigenvalue weighted by molar-refractivity contribution is -0.115. The van der Waals surface area contributed by atoms with Gasteiger partial charge in [0, 0.05) is 12.2 Å². The van der Waals surface area contributed by atoms with E-state index in [4.69, 9.17) is 0 Å². The lowest BCUT2D eigenvalue weighted by Crippen LogP contribution is -2.23. The summed E-state index contributed by atoms with van der Waals surface area (Å²) in [5, 5.41) is 2.77. The highest BCUT2D eigenvalue weighted by Crippen LogP contribution is 2.15. The SMILES string of the molecule is O=C(Cc1ccccc1)Nc1ccc(S(=O)(=O)NCc2ccccc2)cc1. The molecule has 3 rings (SSSR count). The Kier molecular flexibility index (Phi) is 6.01. The summed E-state index contributed by atoms with van der Waals surface area (Å²) in [5.41, 5.74) is 2.35. The van der Waals surface area contributed by atoms with E-state index in [0.717, 1.165) is 11.1 Å². The zero-order valence-electron chi connectivity index (χ0n) is 14.6. The van der Waals surface area contributed by atoms with E-state index in [9.17, 15) is 13.2 Å². The quantitative estimate of drug-likeness (QED) is 0.660. The molecule has 0 fully saturated rings. The van der Waals surface area contributed by atoms with Gasteiger partial charge in [-0.3, -0.25) is 4.79 Å². The van der Waals surface area contributed by atoms with E-state index in [-0.39, 0.29) is 23.8 Å². The maximum absolute atomic E-state index is 12.4. The molecule has 0 atom stereocenters. The molecule has 5 nitrogen and oxygen atoms in total. The number of sulfonamides is 1. The number of amides is 1. The molecule has 0 aliphatic rings. The Morgan fingerprint density at radius 3 is 1.89 bits per heavy atom. The van der Waals surface area contributed by atoms with Crippen LogP contribution in [0.15, 0.2) is 89.8 Å². The Labute approximate surface area is 159 Å². The van der Waals surface area contributed by atoms with Crippen LogP contribution < -0.4 is 10.0 Å². The molecule has 3 aromatic carbocycles. The van der Waals surface area contributed by atoms with Crippen LogP contribution >= 0.6 is 0 Å². The maximum Gasteiger partial charge on any atom is 0.240 e. The fourth-order valence-electron chi connectivity index (χ4n) is 2.56. The Morgan fingerprint density at radius 2 is 1.30 bits per heavy atom. The standard InChI is InChI=1S/C21H20N2O3S/c24-21(15-17-7-3-1-4-8-17)23-19-11-13-20(14-12-19)27(25,26)22-16-18-9-5-2-6-10-18/h1-14,22H,15-16H2,(H,23,24). The fourth-order valence-corrected chi connectivity index (χ4v) is 3.58. The Morgan fingerprint density at radius 1 is 0.741 bits per heavy atom. The van der Waals surface area contributed by atoms with Crippen molar-refractivity contribution >= 4 is 21.6 Å². The van der Waals surface area contributed by atoms with Crippen molar-refractivity contribution in [2.75, 3.05) is 5.32 Å². The molecule has 0 aliphatic heterocycles. The van der Waals surface area contributed by atoms with Crippen molar-refractivity contribution in [3.8, 4) is 0 Å². The number of carbonyl (C=O) groups is 1. The largest absolute Gasteiger partial charge is 0.326 e. The monoisotopic (exact) mass is 380 g/mol. The van der Waals surface area contributed by atoms with Gasteiger partial charge in [0.2, 0.25) is 15.9 Å². The minimum Gasteiger partial charge on any atom is -0.326 e. The number of benzene rings is 3. The van der Waals surface area contributed by atoms with Gasteiger partial charge in [-0.2, -0.15) is 0 Å². The lowest BCUT2D eigenvalue weighted by atomic mass is 10.1. The molecule has 0 aromatic heterocycles. The Balaban J connectivity index is 1.59. The number of anilines is 1. The third-order valence-corrected chi connectivity index (χ3v) is 5.38. The van der Waals surface area contributed by atoms with Crippen LogP contribution in [0.3, 0.4) is 0 Å². The molecule has 6 heteroatoms. The molecule has 138 valence electrons. The number of carbonyl (C=O) groups excluding carboxylic acids is 1. The van der Waals surface area contributed by atoms with Crippen molar-refractivity contribution in [3.63, 3.8) is 0 Å². The molecule has 1 amide bonds. The second-order valence-corrected chi connectivity index (χ2v) is 7.81. The van der Waals surface area contributed by atoms with Crippen LogP contribution in [-0.2, 0) is 27.8 Å². The van der Waals surface area contributed by atoms with Gasteiger partial charge in [-0.05, 0) is 35.4 Å². The third-order valence-electron chi connectivity index (χ3n) is 3.97. The van der Waals surface area contributed by atoms with Gasteiger partial charge in [-0.1, -0.05) is 60.7 Å². The molecule has 0 spiro atoms. The summed E-state index contributed by atoms with van der Waals surface area (Å²) in [4.78, 5) is 12.2. The summed E-state index contributed by atoms with van der Waals surface area (Å²) in [6.07, 6.45) is 0.263. The molecule has 0 heterocycles. The minimum atomic E-state index is -3.61. The second kappa shape index (κ2) is 8.62. The Hall–Kier alpha value is -2.96. The van der Waals surface area contributed by atoms with Crippen LogP contribution in [0.5, 0.6) is 0 Å². The molecule has 0 saturated carbocycles. The summed E-state index contributed by atoms with van der Waals surface area (Å²) < 4.78 is 27.3. The molecule has 0 aliphatic carbocycles. The molecule has 27 heavy (non-hydrogen) atoms. The van der Waals surface area contributed by atoms with E-state index in [1.54, 1.807) is 12.1 Å². The summed E-state index contributed by atoms with van der Waals surface area (Å²) in [5.74, 6) is -0.154. The summed E-state index contributed by atoms with van der Waals surface area (Å²) in [7, 11) is -3.61. The zero-order chi connectivity index (χ0) is 19.1. The van der Waals surface area contributed by atoms with Gasteiger partial charge in [-0.15, -0.1) is 0 Å². The topological polar surface area (TPSA) is 75.3 Å². The van der Waals surface area contributed by atoms with E-state index in [1.165, 1.54) is 12.1 Å². The van der Waals surface area contributed by atoms with Gasteiger partial charge in [0.05, 0.1) is 11.3 Å². The van der Waals surface area contributed by atoms with Gasteiger partial charge in [0.15, 0.2) is 0 Å². The summed E-state index contributed by atoms with van der Waals surface area (Å²) in [6, 6.07) is 24.8. The van der Waals surface area contributed by atoms with Gasteiger partial charge < -0.3 is 5.32 Å². The first-order chi connectivity index (χ1) is 13.0. The van der Waals surface area contributed by atoms with Crippen LogP contribution in [0.1, 0.15) is 11.1 Å². The van der Waals surface area contributed by atoms with E-state index in [0.29, 0.717) is 5.69 Å². The normalized spacial score (nSPS) is 11.1. The summed E-state index contributed by atoms with van der Waals surface area (Å²) >= 11 is 0. The van der Waals surface area contributed by atoms with Crippen LogP contribution in [0.2, 0.25) is 0 Å². The first-order valence-electron chi connectivity index (χ1n) is 8.50. The first kappa shape index (κ1) is 18.8. The van der Waals surface area contributed by atoms with Gasteiger partial charge in [-0.25, -0.2) is 13.1 Å². The van der Waals surface area contributed by atoms with E-state index >= 15 is 0 Å². The average molecular weight is 380 g/mol. The number of hydrogen-bond acceptors (Lipinski definition) is 3. The fraction of sp³-hybridized carbons (Fsp3) is 0.0952.